The highest BCUT2D eigenvalue weighted by atomic mass is 79.9. The molecule has 4 heteroatoms. The van der Waals surface area contributed by atoms with Crippen LogP contribution in [-0.2, 0) is 0 Å². The van der Waals surface area contributed by atoms with E-state index in [0.717, 1.165) is 0 Å². The van der Waals surface area contributed by atoms with E-state index in [2.05, 4.69) is 250 Å². The van der Waals surface area contributed by atoms with Gasteiger partial charge in [-0.3, -0.25) is 0 Å². The molecule has 0 heterocycles. The van der Waals surface area contributed by atoms with Crippen molar-refractivity contribution in [2.24, 2.45) is 0 Å². The van der Waals surface area contributed by atoms with Gasteiger partial charge in [-0.1, -0.05) is 158 Å². The fourth-order valence-corrected chi connectivity index (χ4v) is 16.6. The Hall–Kier alpha value is -4.61. The Morgan fingerprint density at radius 3 is 0.685 bits per heavy atom. The Bertz CT molecular complexity index is 1960. The molecule has 54 heavy (non-hydrogen) atoms. The van der Waals surface area contributed by atoms with Gasteiger partial charge in [0.05, 0.1) is 0 Å². The summed E-state index contributed by atoms with van der Waals surface area (Å²) in [7, 11) is -3.77. The molecule has 1 unspecified atom stereocenters. The predicted molar refractivity (Wildman–Crippen MR) is 231 cm³/mol. The van der Waals surface area contributed by atoms with E-state index in [-0.39, 0.29) is 29.4 Å². The maximum absolute atomic E-state index is 2.40. The highest BCUT2D eigenvalue weighted by Crippen LogP contribution is 2.66. The summed E-state index contributed by atoms with van der Waals surface area (Å²) in [5.41, 5.74) is 1.77. The maximum Gasteiger partial charge on any atom is 0.144 e. The van der Waals surface area contributed by atoms with Crippen molar-refractivity contribution in [2.75, 3.05) is 0 Å². The molecule has 0 amide bonds. The molecule has 0 aromatic heterocycles. The molecule has 0 N–H and O–H groups in total. The van der Waals surface area contributed by atoms with Crippen molar-refractivity contribution < 1.29 is 29.4 Å². The first kappa shape index (κ1) is 40.6. The maximum atomic E-state index is 2.40. The third-order valence-electron chi connectivity index (χ3n) is 9.93. The van der Waals surface area contributed by atoms with Crippen LogP contribution in [0.4, 0.5) is 0 Å². The summed E-state index contributed by atoms with van der Waals surface area (Å²) in [6, 6.07) is 88.0. The van der Waals surface area contributed by atoms with Crippen LogP contribution in [0.2, 0.25) is 0 Å². The molecular weight excluding hydrogens is 778 g/mol. The number of hydrogen-bond acceptors (Lipinski definition) is 0. The number of halogens is 2. The second-order valence-electron chi connectivity index (χ2n) is 12.8. The minimum absolute atomic E-state index is 0. The molecule has 0 saturated heterocycles. The number of hydrogen-bond donors (Lipinski definition) is 0. The first-order chi connectivity index (χ1) is 25.8. The molecule has 0 aliphatic heterocycles. The lowest BCUT2D eigenvalue weighted by Gasteiger charge is -2.33. The molecule has 0 spiro atoms. The van der Waals surface area contributed by atoms with Crippen LogP contribution in [-0.4, -0.2) is 0 Å². The molecule has 0 bridgehead atoms. The topological polar surface area (TPSA) is 0 Å². The van der Waals surface area contributed by atoms with E-state index in [0.29, 0.717) is 5.66 Å². The Kier molecular flexibility index (Phi) is 14.8. The Morgan fingerprint density at radius 2 is 0.463 bits per heavy atom. The quantitative estimate of drug-likeness (QED) is 0.193. The third-order valence-corrected chi connectivity index (χ3v) is 19.0. The monoisotopic (exact) mass is 820 g/mol. The van der Waals surface area contributed by atoms with E-state index >= 15 is 0 Å². The zero-order chi connectivity index (χ0) is 35.5. The predicted octanol–water partition coefficient (Wildman–Crippen LogP) is 4.06. The molecule has 0 nitrogen and oxygen atoms in total. The van der Waals surface area contributed by atoms with E-state index in [1.54, 1.807) is 0 Å². The van der Waals surface area contributed by atoms with Gasteiger partial charge in [-0.25, -0.2) is 0 Å². The van der Waals surface area contributed by atoms with Crippen LogP contribution < -0.4 is 66.5 Å². The first-order valence-electron chi connectivity index (χ1n) is 18.0. The standard InChI is InChI=1S/C26H24P.C24H20P.BrH.ClH/c1-22(23-14-6-2-7-15-23)27(24-16-8-3-9-17-24,25-18-10-4-11-19-25)26-20-12-5-13-21-26;1-5-13-21(14-6-1)25(22-15-7-2-8-16-22,23-17-9-3-10-18-23)24-19-11-4-12-20-24;;/h2-22H,1H3;1-20H;2*1H/q2*+1;;/p-2. The molecule has 8 aromatic rings. The third kappa shape index (κ3) is 8.22. The first-order valence-corrected chi connectivity index (χ1v) is 21.6. The van der Waals surface area contributed by atoms with Crippen molar-refractivity contribution in [3.8, 4) is 0 Å². The molecule has 268 valence electrons. The van der Waals surface area contributed by atoms with Crippen LogP contribution in [0.15, 0.2) is 243 Å². The van der Waals surface area contributed by atoms with Gasteiger partial charge in [-0.15, -0.1) is 0 Å². The lowest BCUT2D eigenvalue weighted by molar-refractivity contribution is -0.00100. The van der Waals surface area contributed by atoms with Crippen molar-refractivity contribution in [1.29, 1.82) is 0 Å². The Balaban J connectivity index is 0.000000201. The lowest BCUT2D eigenvalue weighted by atomic mass is 10.2. The van der Waals surface area contributed by atoms with Gasteiger partial charge in [0.1, 0.15) is 57.3 Å². The summed E-state index contributed by atoms with van der Waals surface area (Å²) in [5.74, 6) is 0. The minimum atomic E-state index is -1.91. The summed E-state index contributed by atoms with van der Waals surface area (Å²) in [4.78, 5) is 0. The van der Waals surface area contributed by atoms with E-state index in [9.17, 15) is 0 Å². The van der Waals surface area contributed by atoms with Gasteiger partial charge in [0.25, 0.3) is 0 Å². The van der Waals surface area contributed by atoms with E-state index in [1.807, 2.05) is 0 Å². The molecule has 1 atom stereocenters. The fraction of sp³-hybridized carbons (Fsp3) is 0.0400. The lowest BCUT2D eigenvalue weighted by Crippen LogP contribution is -3.00. The zero-order valence-corrected chi connectivity index (χ0v) is 34.5. The van der Waals surface area contributed by atoms with Crippen LogP contribution in [0.1, 0.15) is 18.1 Å². The van der Waals surface area contributed by atoms with Gasteiger partial charge in [0.2, 0.25) is 0 Å². The number of rotatable bonds is 9. The molecule has 8 aromatic carbocycles. The number of benzene rings is 8. The van der Waals surface area contributed by atoms with Crippen LogP contribution in [0.5, 0.6) is 0 Å². The van der Waals surface area contributed by atoms with Crippen LogP contribution >= 0.6 is 14.5 Å². The van der Waals surface area contributed by atoms with Gasteiger partial charge in [0.15, 0.2) is 0 Å². The average Bonchev–Trinajstić information content (AvgIpc) is 3.25. The summed E-state index contributed by atoms with van der Waals surface area (Å²) >= 11 is 0. The largest absolute Gasteiger partial charge is 1.00 e. The van der Waals surface area contributed by atoms with Crippen LogP contribution in [0, 0.1) is 0 Å². The molecule has 0 aliphatic carbocycles. The van der Waals surface area contributed by atoms with Gasteiger partial charge in [-0.05, 0) is 97.4 Å². The van der Waals surface area contributed by atoms with Crippen LogP contribution in [0.25, 0.3) is 0 Å². The summed E-state index contributed by atoms with van der Waals surface area (Å²) < 4.78 is 0. The van der Waals surface area contributed by atoms with E-state index in [4.69, 9.17) is 0 Å². The van der Waals surface area contributed by atoms with Crippen LogP contribution in [0.3, 0.4) is 0 Å². The van der Waals surface area contributed by atoms with Gasteiger partial charge >= 0.3 is 0 Å². The van der Waals surface area contributed by atoms with Gasteiger partial charge in [-0.2, -0.15) is 0 Å². The van der Waals surface area contributed by atoms with Gasteiger partial charge < -0.3 is 29.4 Å². The van der Waals surface area contributed by atoms with Crippen molar-refractivity contribution in [3.05, 3.63) is 248 Å². The summed E-state index contributed by atoms with van der Waals surface area (Å²) in [6.07, 6.45) is 0. The summed E-state index contributed by atoms with van der Waals surface area (Å²) in [6.45, 7) is 2.40. The zero-order valence-electron chi connectivity index (χ0n) is 30.3. The summed E-state index contributed by atoms with van der Waals surface area (Å²) in [5, 5.41) is 9.84. The van der Waals surface area contributed by atoms with Crippen molar-refractivity contribution in [3.63, 3.8) is 0 Å². The smallest absolute Gasteiger partial charge is 0.144 e. The fourth-order valence-electron chi connectivity index (χ4n) is 7.56. The highest BCUT2D eigenvalue weighted by Gasteiger charge is 2.51. The normalized spacial score (nSPS) is 11.4. The molecule has 0 radical (unpaired) electrons. The molecule has 0 fully saturated rings. The molecular formula is C50H44BrClP2. The van der Waals surface area contributed by atoms with Gasteiger partial charge in [0, 0.05) is 0 Å². The Labute approximate surface area is 339 Å². The average molecular weight is 822 g/mol. The van der Waals surface area contributed by atoms with E-state index in [1.165, 1.54) is 42.7 Å². The van der Waals surface area contributed by atoms with Crippen molar-refractivity contribution in [2.45, 2.75) is 12.6 Å². The second kappa shape index (κ2) is 19.6. The van der Waals surface area contributed by atoms with Crippen molar-refractivity contribution in [1.82, 2.24) is 0 Å². The Morgan fingerprint density at radius 1 is 0.278 bits per heavy atom. The SMILES string of the molecule is CC(c1ccccc1)[P+](c1ccccc1)(c1ccccc1)c1ccccc1.[Br-].[Cl-].c1ccc([P+](c2ccccc2)(c2ccccc2)c2ccccc2)cc1. The second-order valence-corrected chi connectivity index (χ2v) is 20.0. The van der Waals surface area contributed by atoms with E-state index < -0.39 is 14.5 Å². The molecule has 0 saturated carbocycles. The minimum Gasteiger partial charge on any atom is -1.00 e. The van der Waals surface area contributed by atoms with Crippen molar-refractivity contribution >= 4 is 51.7 Å². The highest BCUT2D eigenvalue weighted by molar-refractivity contribution is 8.01. The molecule has 0 aliphatic rings. The molecule has 8 rings (SSSR count).